The van der Waals surface area contributed by atoms with Gasteiger partial charge < -0.3 is 26.1 Å². The highest BCUT2D eigenvalue weighted by atomic mass is 16.2. The largest absolute Gasteiger partial charge is 0.384 e. The number of hydrogen-bond acceptors (Lipinski definition) is 5. The predicted octanol–water partition coefficient (Wildman–Crippen LogP) is 0.107. The SMILES string of the molecule is CNC(=O)C(CCC=O)N1Cc2ccc(NCCN)cc2C1=O. The minimum Gasteiger partial charge on any atom is -0.384 e. The third-order valence-electron chi connectivity index (χ3n) is 3.90. The zero-order valence-corrected chi connectivity index (χ0v) is 13.2. The summed E-state index contributed by atoms with van der Waals surface area (Å²) in [4.78, 5) is 36.9. The fourth-order valence-electron chi connectivity index (χ4n) is 2.72. The molecule has 1 aliphatic rings. The lowest BCUT2D eigenvalue weighted by Crippen LogP contribution is -2.46. The first-order chi connectivity index (χ1) is 11.1. The maximum absolute atomic E-state index is 12.7. The third-order valence-corrected chi connectivity index (χ3v) is 3.90. The highest BCUT2D eigenvalue weighted by Gasteiger charge is 2.35. The Morgan fingerprint density at radius 3 is 2.91 bits per heavy atom. The fraction of sp³-hybridized carbons (Fsp3) is 0.438. The topological polar surface area (TPSA) is 105 Å². The number of nitrogens with zero attached hydrogens (tertiary/aromatic N) is 1. The molecule has 1 unspecified atom stereocenters. The van der Waals surface area contributed by atoms with E-state index in [1.165, 1.54) is 11.9 Å². The molecule has 1 heterocycles. The van der Waals surface area contributed by atoms with Crippen molar-refractivity contribution < 1.29 is 14.4 Å². The Morgan fingerprint density at radius 1 is 1.48 bits per heavy atom. The van der Waals surface area contributed by atoms with Crippen LogP contribution in [0.4, 0.5) is 5.69 Å². The van der Waals surface area contributed by atoms with Gasteiger partial charge in [-0.05, 0) is 24.1 Å². The molecule has 1 aliphatic heterocycles. The van der Waals surface area contributed by atoms with Crippen molar-refractivity contribution in [2.45, 2.75) is 25.4 Å². The van der Waals surface area contributed by atoms with Gasteiger partial charge in [-0.2, -0.15) is 0 Å². The van der Waals surface area contributed by atoms with Crippen molar-refractivity contribution in [2.24, 2.45) is 5.73 Å². The molecule has 1 atom stereocenters. The zero-order chi connectivity index (χ0) is 16.8. The molecule has 0 fully saturated rings. The normalized spacial score (nSPS) is 14.3. The number of amides is 2. The van der Waals surface area contributed by atoms with E-state index in [9.17, 15) is 14.4 Å². The van der Waals surface area contributed by atoms with Gasteiger partial charge in [0.2, 0.25) is 5.91 Å². The number of carbonyl (C=O) groups excluding carboxylic acids is 3. The molecule has 4 N–H and O–H groups in total. The average Bonchev–Trinajstić information content (AvgIpc) is 2.89. The number of aldehydes is 1. The van der Waals surface area contributed by atoms with Gasteiger partial charge in [0, 0.05) is 44.4 Å². The number of nitrogens with one attached hydrogen (secondary N) is 2. The van der Waals surface area contributed by atoms with E-state index in [0.29, 0.717) is 31.6 Å². The highest BCUT2D eigenvalue weighted by molar-refractivity contribution is 6.01. The van der Waals surface area contributed by atoms with E-state index in [1.54, 1.807) is 6.07 Å². The number of carbonyl (C=O) groups is 3. The van der Waals surface area contributed by atoms with Crippen LogP contribution < -0.4 is 16.4 Å². The van der Waals surface area contributed by atoms with Crippen molar-refractivity contribution >= 4 is 23.8 Å². The first-order valence-corrected chi connectivity index (χ1v) is 7.65. The second kappa shape index (κ2) is 7.73. The second-order valence-electron chi connectivity index (χ2n) is 5.39. The van der Waals surface area contributed by atoms with Crippen LogP contribution in [0.5, 0.6) is 0 Å². The molecule has 7 nitrogen and oxygen atoms in total. The van der Waals surface area contributed by atoms with Gasteiger partial charge in [-0.15, -0.1) is 0 Å². The predicted molar refractivity (Wildman–Crippen MR) is 87.0 cm³/mol. The van der Waals surface area contributed by atoms with Gasteiger partial charge >= 0.3 is 0 Å². The molecule has 1 aromatic carbocycles. The minimum atomic E-state index is -0.634. The van der Waals surface area contributed by atoms with Crippen molar-refractivity contribution in [1.82, 2.24) is 10.2 Å². The Hall–Kier alpha value is -2.41. The zero-order valence-electron chi connectivity index (χ0n) is 13.2. The van der Waals surface area contributed by atoms with E-state index >= 15 is 0 Å². The molecule has 124 valence electrons. The molecule has 1 aromatic rings. The molecule has 2 rings (SSSR count). The molecule has 0 saturated carbocycles. The monoisotopic (exact) mass is 318 g/mol. The number of benzene rings is 1. The summed E-state index contributed by atoms with van der Waals surface area (Å²) in [5.74, 6) is -0.439. The Kier molecular flexibility index (Phi) is 5.70. The van der Waals surface area contributed by atoms with Crippen LogP contribution in [0, 0.1) is 0 Å². The average molecular weight is 318 g/mol. The summed E-state index contributed by atoms with van der Waals surface area (Å²) in [7, 11) is 1.53. The Balaban J connectivity index is 2.20. The summed E-state index contributed by atoms with van der Waals surface area (Å²) < 4.78 is 0. The summed E-state index contributed by atoms with van der Waals surface area (Å²) in [6, 6.07) is 4.93. The van der Waals surface area contributed by atoms with Crippen molar-refractivity contribution in [3.05, 3.63) is 29.3 Å². The van der Waals surface area contributed by atoms with Gasteiger partial charge in [-0.1, -0.05) is 6.07 Å². The fourth-order valence-corrected chi connectivity index (χ4v) is 2.72. The van der Waals surface area contributed by atoms with Crippen LogP contribution in [-0.2, 0) is 16.1 Å². The highest BCUT2D eigenvalue weighted by Crippen LogP contribution is 2.28. The molecule has 0 radical (unpaired) electrons. The molecule has 23 heavy (non-hydrogen) atoms. The Bertz CT molecular complexity index is 603. The van der Waals surface area contributed by atoms with Crippen molar-refractivity contribution in [3.63, 3.8) is 0 Å². The van der Waals surface area contributed by atoms with E-state index < -0.39 is 6.04 Å². The third kappa shape index (κ3) is 3.68. The van der Waals surface area contributed by atoms with Gasteiger partial charge in [0.05, 0.1) is 0 Å². The van der Waals surface area contributed by atoms with Crippen molar-refractivity contribution in [2.75, 3.05) is 25.5 Å². The number of likely N-dealkylation sites (N-methyl/N-ethyl adjacent to an activating group) is 1. The van der Waals surface area contributed by atoms with Crippen LogP contribution in [-0.4, -0.2) is 49.2 Å². The Morgan fingerprint density at radius 2 is 2.26 bits per heavy atom. The summed E-state index contributed by atoms with van der Waals surface area (Å²) in [6.45, 7) is 1.50. The van der Waals surface area contributed by atoms with Crippen molar-refractivity contribution in [3.8, 4) is 0 Å². The summed E-state index contributed by atoms with van der Waals surface area (Å²) in [5, 5.41) is 5.70. The molecule has 0 aliphatic carbocycles. The van der Waals surface area contributed by atoms with E-state index in [4.69, 9.17) is 5.73 Å². The van der Waals surface area contributed by atoms with Crippen molar-refractivity contribution in [1.29, 1.82) is 0 Å². The van der Waals surface area contributed by atoms with Gasteiger partial charge in [-0.3, -0.25) is 9.59 Å². The summed E-state index contributed by atoms with van der Waals surface area (Å²) in [5.41, 5.74) is 7.76. The van der Waals surface area contributed by atoms with E-state index in [-0.39, 0.29) is 18.2 Å². The lowest BCUT2D eigenvalue weighted by Gasteiger charge is -2.25. The molecule has 2 amide bonds. The molecular formula is C16H22N4O3. The van der Waals surface area contributed by atoms with Gasteiger partial charge in [0.1, 0.15) is 12.3 Å². The Labute approximate surface area is 135 Å². The lowest BCUT2D eigenvalue weighted by atomic mass is 10.1. The van der Waals surface area contributed by atoms with Crippen LogP contribution in [0.3, 0.4) is 0 Å². The van der Waals surface area contributed by atoms with Gasteiger partial charge in [0.15, 0.2) is 0 Å². The molecule has 7 heteroatoms. The lowest BCUT2D eigenvalue weighted by molar-refractivity contribution is -0.125. The van der Waals surface area contributed by atoms with Crippen LogP contribution in [0.2, 0.25) is 0 Å². The molecule has 0 spiro atoms. The van der Waals surface area contributed by atoms with Gasteiger partial charge in [0.25, 0.3) is 5.91 Å². The van der Waals surface area contributed by atoms with Crippen LogP contribution in [0.15, 0.2) is 18.2 Å². The van der Waals surface area contributed by atoms with Gasteiger partial charge in [-0.25, -0.2) is 0 Å². The number of rotatable bonds is 8. The van der Waals surface area contributed by atoms with E-state index in [0.717, 1.165) is 17.5 Å². The first-order valence-electron chi connectivity index (χ1n) is 7.65. The number of anilines is 1. The van der Waals surface area contributed by atoms with Crippen LogP contribution >= 0.6 is 0 Å². The maximum atomic E-state index is 12.7. The quantitative estimate of drug-likeness (QED) is 0.590. The molecule has 0 saturated heterocycles. The minimum absolute atomic E-state index is 0.184. The van der Waals surface area contributed by atoms with E-state index in [1.807, 2.05) is 12.1 Å². The maximum Gasteiger partial charge on any atom is 0.255 e. The molecular weight excluding hydrogens is 296 g/mol. The molecule has 0 bridgehead atoms. The second-order valence-corrected chi connectivity index (χ2v) is 5.39. The standard InChI is InChI=1S/C16H22N4O3/c1-18-15(22)14(3-2-8-21)20-10-11-4-5-12(19-7-6-17)9-13(11)16(20)23/h4-5,8-9,14,19H,2-3,6-7,10,17H2,1H3,(H,18,22). The molecule has 0 aromatic heterocycles. The summed E-state index contributed by atoms with van der Waals surface area (Å²) in [6.07, 6.45) is 1.32. The van der Waals surface area contributed by atoms with E-state index in [2.05, 4.69) is 10.6 Å². The van der Waals surface area contributed by atoms with Crippen LogP contribution in [0.25, 0.3) is 0 Å². The first kappa shape index (κ1) is 17.0. The number of nitrogens with two attached hydrogens (primary N) is 1. The number of fused-ring (bicyclic) bond motifs is 1. The number of hydrogen-bond donors (Lipinski definition) is 3. The smallest absolute Gasteiger partial charge is 0.255 e. The van der Waals surface area contributed by atoms with Crippen LogP contribution in [0.1, 0.15) is 28.8 Å². The summed E-state index contributed by atoms with van der Waals surface area (Å²) >= 11 is 0.